The molecule has 1 heterocycles. The van der Waals surface area contributed by atoms with E-state index in [4.69, 9.17) is 21.0 Å². The third kappa shape index (κ3) is 5.56. The summed E-state index contributed by atoms with van der Waals surface area (Å²) in [5.74, 6) is 1.17. The van der Waals surface area contributed by atoms with Crippen LogP contribution in [-0.2, 0) is 4.84 Å². The molecule has 2 rings (SSSR count). The smallest absolute Gasteiger partial charge is 0.226 e. The maximum absolute atomic E-state index is 5.82. The first-order valence-corrected chi connectivity index (χ1v) is 7.69. The van der Waals surface area contributed by atoms with Gasteiger partial charge in [0, 0.05) is 10.9 Å². The minimum Gasteiger partial charge on any atom is -0.494 e. The summed E-state index contributed by atoms with van der Waals surface area (Å²) in [6.07, 6.45) is 0.703. The minimum absolute atomic E-state index is 0. The van der Waals surface area contributed by atoms with Crippen molar-refractivity contribution in [1.82, 2.24) is 5.06 Å². The molecule has 128 valence electrons. The minimum atomic E-state index is -0.678. The van der Waals surface area contributed by atoms with Crippen LogP contribution >= 0.6 is 28.3 Å². The lowest BCUT2D eigenvalue weighted by Gasteiger charge is -2.36. The number of ether oxygens (including phenoxy) is 1. The Balaban J connectivity index is 0.00000264. The first-order valence-electron chi connectivity index (χ1n) is 6.89. The lowest BCUT2D eigenvalue weighted by molar-refractivity contribution is -0.158. The van der Waals surface area contributed by atoms with Gasteiger partial charge in [0.25, 0.3) is 0 Å². The van der Waals surface area contributed by atoms with Gasteiger partial charge in [-0.2, -0.15) is 10.1 Å². The number of guanidine groups is 2. The normalized spacial score (nSPS) is 16.2. The molecule has 1 aliphatic rings. The molecule has 0 fully saturated rings. The molecule has 1 aromatic carbocycles. The van der Waals surface area contributed by atoms with Crippen LogP contribution in [0.25, 0.3) is 0 Å². The Kier molecular flexibility index (Phi) is 7.11. The lowest BCUT2D eigenvalue weighted by Crippen LogP contribution is -2.53. The third-order valence-corrected chi connectivity index (χ3v) is 3.44. The number of halogens is 2. The van der Waals surface area contributed by atoms with Crippen molar-refractivity contribution >= 4 is 40.3 Å². The zero-order valence-corrected chi connectivity index (χ0v) is 15.4. The molecule has 0 aliphatic carbocycles. The van der Waals surface area contributed by atoms with Crippen LogP contribution in [0.1, 0.15) is 20.3 Å². The summed E-state index contributed by atoms with van der Waals surface area (Å²) < 4.78 is 6.64. The number of benzene rings is 1. The number of hydrogen-bond donors (Lipinski definition) is 2. The molecule has 0 spiro atoms. The quantitative estimate of drug-likeness (QED) is 0.706. The predicted molar refractivity (Wildman–Crippen MR) is 96.6 cm³/mol. The van der Waals surface area contributed by atoms with Crippen molar-refractivity contribution in [3.8, 4) is 5.75 Å². The summed E-state index contributed by atoms with van der Waals surface area (Å²) in [7, 11) is 0. The fourth-order valence-corrected chi connectivity index (χ4v) is 2.22. The predicted octanol–water partition coefficient (Wildman–Crippen LogP) is 2.25. The first kappa shape index (κ1) is 19.5. The van der Waals surface area contributed by atoms with Crippen molar-refractivity contribution < 1.29 is 9.57 Å². The van der Waals surface area contributed by atoms with E-state index in [-0.39, 0.29) is 24.3 Å². The van der Waals surface area contributed by atoms with Gasteiger partial charge < -0.3 is 16.2 Å². The fourth-order valence-electron chi connectivity index (χ4n) is 1.95. The monoisotopic (exact) mass is 405 g/mol. The summed E-state index contributed by atoms with van der Waals surface area (Å²) in [6, 6.07) is 7.67. The molecule has 0 bridgehead atoms. The summed E-state index contributed by atoms with van der Waals surface area (Å²) in [6.45, 7) is 4.67. The zero-order valence-electron chi connectivity index (χ0n) is 13.0. The highest BCUT2D eigenvalue weighted by atomic mass is 79.9. The standard InChI is InChI=1S/C14H20BrN5O2.ClH/c1-14(2)19-12(16)18-13(17)20(14)22-9-3-8-21-11-6-4-10(15)5-7-11;/h4-7H,3,8-9H2,1-2H3,(H4,16,17,18,19);1H. The van der Waals surface area contributed by atoms with Crippen LogP contribution in [0, 0.1) is 0 Å². The highest BCUT2D eigenvalue weighted by Crippen LogP contribution is 2.20. The molecule has 4 N–H and O–H groups in total. The van der Waals surface area contributed by atoms with E-state index in [1.54, 1.807) is 0 Å². The third-order valence-electron chi connectivity index (χ3n) is 2.91. The second-order valence-corrected chi connectivity index (χ2v) is 6.13. The molecule has 1 aliphatic heterocycles. The van der Waals surface area contributed by atoms with Gasteiger partial charge in [-0.1, -0.05) is 15.9 Å². The molecule has 23 heavy (non-hydrogen) atoms. The Morgan fingerprint density at radius 1 is 1.17 bits per heavy atom. The molecule has 0 atom stereocenters. The molecule has 0 saturated carbocycles. The van der Waals surface area contributed by atoms with Crippen LogP contribution in [0.2, 0.25) is 0 Å². The number of nitrogens with zero attached hydrogens (tertiary/aromatic N) is 3. The first-order chi connectivity index (χ1) is 10.4. The van der Waals surface area contributed by atoms with Crippen LogP contribution in [0.5, 0.6) is 5.75 Å². The van der Waals surface area contributed by atoms with Gasteiger partial charge in [0.15, 0.2) is 5.66 Å². The van der Waals surface area contributed by atoms with E-state index < -0.39 is 5.66 Å². The average Bonchev–Trinajstić information content (AvgIpc) is 2.42. The molecule has 0 unspecified atom stereocenters. The molecule has 0 saturated heterocycles. The van der Waals surface area contributed by atoms with Gasteiger partial charge in [0.05, 0.1) is 13.2 Å². The molecule has 0 amide bonds. The van der Waals surface area contributed by atoms with Crippen LogP contribution in [0.4, 0.5) is 0 Å². The number of hydrogen-bond acceptors (Lipinski definition) is 7. The zero-order chi connectivity index (χ0) is 16.2. The summed E-state index contributed by atoms with van der Waals surface area (Å²) >= 11 is 3.38. The molecular formula is C14H21BrClN5O2. The van der Waals surface area contributed by atoms with Crippen molar-refractivity contribution in [2.24, 2.45) is 21.5 Å². The van der Waals surface area contributed by atoms with Gasteiger partial charge in [-0.15, -0.1) is 12.4 Å². The van der Waals surface area contributed by atoms with Gasteiger partial charge in [-0.3, -0.25) is 4.84 Å². The molecule has 0 radical (unpaired) electrons. The molecular weight excluding hydrogens is 386 g/mol. The van der Waals surface area contributed by atoms with Crippen molar-refractivity contribution in [2.75, 3.05) is 13.2 Å². The van der Waals surface area contributed by atoms with E-state index in [9.17, 15) is 0 Å². The van der Waals surface area contributed by atoms with Crippen LogP contribution in [0.15, 0.2) is 38.7 Å². The van der Waals surface area contributed by atoms with E-state index in [1.807, 2.05) is 38.1 Å². The van der Waals surface area contributed by atoms with Gasteiger partial charge >= 0.3 is 0 Å². The SMILES string of the molecule is CC1(C)N=C(N)N=C(N)N1OCCCOc1ccc(Br)cc1.Cl. The highest BCUT2D eigenvalue weighted by Gasteiger charge is 2.32. The maximum atomic E-state index is 5.82. The van der Waals surface area contributed by atoms with Crippen molar-refractivity contribution in [3.05, 3.63) is 28.7 Å². The van der Waals surface area contributed by atoms with Crippen LogP contribution < -0.4 is 16.2 Å². The van der Waals surface area contributed by atoms with E-state index in [0.717, 1.165) is 10.2 Å². The largest absolute Gasteiger partial charge is 0.494 e. The Labute approximate surface area is 150 Å². The van der Waals surface area contributed by atoms with Crippen LogP contribution in [0.3, 0.4) is 0 Å². The maximum Gasteiger partial charge on any atom is 0.226 e. The second kappa shape index (κ2) is 8.37. The van der Waals surface area contributed by atoms with E-state index in [0.29, 0.717) is 19.6 Å². The van der Waals surface area contributed by atoms with E-state index in [2.05, 4.69) is 25.9 Å². The van der Waals surface area contributed by atoms with E-state index >= 15 is 0 Å². The highest BCUT2D eigenvalue weighted by molar-refractivity contribution is 9.10. The van der Waals surface area contributed by atoms with Crippen molar-refractivity contribution in [1.29, 1.82) is 0 Å². The lowest BCUT2D eigenvalue weighted by atomic mass is 10.2. The second-order valence-electron chi connectivity index (χ2n) is 5.22. The Morgan fingerprint density at radius 2 is 1.83 bits per heavy atom. The van der Waals surface area contributed by atoms with Crippen LogP contribution in [-0.4, -0.2) is 35.9 Å². The summed E-state index contributed by atoms with van der Waals surface area (Å²) in [5, 5.41) is 1.46. The fraction of sp³-hybridized carbons (Fsp3) is 0.429. The van der Waals surface area contributed by atoms with Gasteiger partial charge in [0.2, 0.25) is 11.9 Å². The van der Waals surface area contributed by atoms with E-state index in [1.165, 1.54) is 5.06 Å². The summed E-state index contributed by atoms with van der Waals surface area (Å²) in [4.78, 5) is 13.7. The number of nitrogens with two attached hydrogens (primary N) is 2. The Hall–Kier alpha value is -1.51. The number of hydroxylamine groups is 2. The molecule has 1 aromatic rings. The topological polar surface area (TPSA) is 98.5 Å². The van der Waals surface area contributed by atoms with Gasteiger partial charge in [-0.05, 0) is 38.1 Å². The molecule has 9 heteroatoms. The van der Waals surface area contributed by atoms with Crippen molar-refractivity contribution in [2.45, 2.75) is 25.9 Å². The molecule has 7 nitrogen and oxygen atoms in total. The number of rotatable bonds is 6. The average molecular weight is 407 g/mol. The Morgan fingerprint density at radius 3 is 2.43 bits per heavy atom. The van der Waals surface area contributed by atoms with Gasteiger partial charge in [0.1, 0.15) is 5.75 Å². The Bertz CT molecular complexity index is 577. The number of aliphatic imine (C=N–C) groups is 2. The summed E-state index contributed by atoms with van der Waals surface area (Å²) in [5.41, 5.74) is 10.7. The molecule has 0 aromatic heterocycles. The van der Waals surface area contributed by atoms with Crippen molar-refractivity contribution in [3.63, 3.8) is 0 Å². The van der Waals surface area contributed by atoms with Gasteiger partial charge in [-0.25, -0.2) is 4.99 Å².